The molecule has 1 rings (SSSR count). The van der Waals surface area contributed by atoms with E-state index in [2.05, 4.69) is 5.32 Å². The highest BCUT2D eigenvalue weighted by atomic mass is 19.4. The smallest absolute Gasteiger partial charge is 0.317 e. The van der Waals surface area contributed by atoms with Crippen LogP contribution in [0.25, 0.3) is 0 Å². The number of hydrogen-bond acceptors (Lipinski definition) is 2. The minimum Gasteiger partial charge on any atom is -0.317 e. The molecule has 0 radical (unpaired) electrons. The van der Waals surface area contributed by atoms with Crippen LogP contribution in [0.2, 0.25) is 0 Å². The summed E-state index contributed by atoms with van der Waals surface area (Å²) in [7, 11) is 3.69. The number of alkyl halides is 3. The summed E-state index contributed by atoms with van der Waals surface area (Å²) in [5.41, 5.74) is 0. The zero-order valence-electron chi connectivity index (χ0n) is 9.27. The molecule has 90 valence electrons. The summed E-state index contributed by atoms with van der Waals surface area (Å²) >= 11 is 0. The zero-order chi connectivity index (χ0) is 11.5. The summed E-state index contributed by atoms with van der Waals surface area (Å²) in [6.45, 7) is 0.116. The van der Waals surface area contributed by atoms with Crippen molar-refractivity contribution >= 4 is 0 Å². The van der Waals surface area contributed by atoms with Gasteiger partial charge in [0.15, 0.2) is 0 Å². The molecule has 1 saturated carbocycles. The van der Waals surface area contributed by atoms with E-state index in [1.807, 2.05) is 11.9 Å². The van der Waals surface area contributed by atoms with Crippen LogP contribution in [-0.4, -0.2) is 43.8 Å². The average molecular weight is 224 g/mol. The number of hydrogen-bond donors (Lipinski definition) is 1. The zero-order valence-corrected chi connectivity index (χ0v) is 9.27. The molecule has 0 bridgehead atoms. The Hall–Kier alpha value is -0.290. The lowest BCUT2D eigenvalue weighted by Gasteiger charge is -2.24. The molecule has 1 aliphatic carbocycles. The number of halogens is 3. The fraction of sp³-hybridized carbons (Fsp3) is 1.00. The van der Waals surface area contributed by atoms with Crippen molar-refractivity contribution in [2.75, 3.05) is 20.6 Å². The van der Waals surface area contributed by atoms with Gasteiger partial charge in [0, 0.05) is 18.6 Å². The molecule has 1 fully saturated rings. The van der Waals surface area contributed by atoms with Crippen LogP contribution in [0.5, 0.6) is 0 Å². The van der Waals surface area contributed by atoms with Crippen molar-refractivity contribution in [3.63, 3.8) is 0 Å². The lowest BCUT2D eigenvalue weighted by Crippen LogP contribution is -2.34. The van der Waals surface area contributed by atoms with E-state index in [0.717, 1.165) is 19.3 Å². The maximum atomic E-state index is 12.0. The lowest BCUT2D eigenvalue weighted by atomic mass is 10.2. The van der Waals surface area contributed by atoms with E-state index >= 15 is 0 Å². The lowest BCUT2D eigenvalue weighted by molar-refractivity contribution is -0.138. The van der Waals surface area contributed by atoms with Crippen molar-refractivity contribution in [2.45, 2.75) is 43.9 Å². The molecule has 0 aromatic heterocycles. The van der Waals surface area contributed by atoms with E-state index in [9.17, 15) is 13.2 Å². The second kappa shape index (κ2) is 5.16. The number of nitrogens with one attached hydrogen (secondary N) is 1. The third kappa shape index (κ3) is 4.38. The van der Waals surface area contributed by atoms with Gasteiger partial charge in [-0.25, -0.2) is 0 Å². The van der Waals surface area contributed by atoms with Crippen LogP contribution >= 0.6 is 0 Å². The van der Waals surface area contributed by atoms with Gasteiger partial charge in [0.25, 0.3) is 0 Å². The standard InChI is InChI=1S/C10H19F3N2/c1-14-8-3-4-9(7-8)15(2)6-5-10(11,12)13/h8-9,14H,3-7H2,1-2H3. The molecule has 1 N–H and O–H groups in total. The monoisotopic (exact) mass is 224 g/mol. The Bertz CT molecular complexity index is 194. The minimum absolute atomic E-state index is 0.116. The molecule has 0 saturated heterocycles. The summed E-state index contributed by atoms with van der Waals surface area (Å²) < 4.78 is 36.0. The summed E-state index contributed by atoms with van der Waals surface area (Å²) in [6.07, 6.45) is -1.71. The van der Waals surface area contributed by atoms with Crippen molar-refractivity contribution in [1.29, 1.82) is 0 Å². The van der Waals surface area contributed by atoms with Gasteiger partial charge in [-0.2, -0.15) is 13.2 Å². The first-order chi connectivity index (χ1) is 6.92. The predicted octanol–water partition coefficient (Wildman–Crippen LogP) is 2.01. The van der Waals surface area contributed by atoms with E-state index in [4.69, 9.17) is 0 Å². The molecular formula is C10H19F3N2. The maximum Gasteiger partial charge on any atom is 0.390 e. The Morgan fingerprint density at radius 2 is 2.00 bits per heavy atom. The molecule has 2 atom stereocenters. The normalized spacial score (nSPS) is 27.6. The van der Waals surface area contributed by atoms with Gasteiger partial charge in [-0.1, -0.05) is 0 Å². The summed E-state index contributed by atoms with van der Waals surface area (Å²) in [5.74, 6) is 0. The molecule has 0 aromatic carbocycles. The number of nitrogens with zero attached hydrogens (tertiary/aromatic N) is 1. The SMILES string of the molecule is CNC1CCC(N(C)CCC(F)(F)F)C1. The van der Waals surface area contributed by atoms with Crippen LogP contribution < -0.4 is 5.32 Å². The largest absolute Gasteiger partial charge is 0.390 e. The van der Waals surface area contributed by atoms with Gasteiger partial charge in [0.1, 0.15) is 0 Å². The van der Waals surface area contributed by atoms with Gasteiger partial charge in [0.05, 0.1) is 6.42 Å². The molecule has 0 aromatic rings. The van der Waals surface area contributed by atoms with E-state index < -0.39 is 12.6 Å². The predicted molar refractivity (Wildman–Crippen MR) is 53.8 cm³/mol. The molecule has 0 spiro atoms. The van der Waals surface area contributed by atoms with Gasteiger partial charge in [0.2, 0.25) is 0 Å². The van der Waals surface area contributed by atoms with Crippen LogP contribution in [-0.2, 0) is 0 Å². The van der Waals surface area contributed by atoms with Crippen molar-refractivity contribution in [2.24, 2.45) is 0 Å². The molecule has 1 aliphatic rings. The Labute approximate surface area is 88.8 Å². The first kappa shape index (κ1) is 12.8. The van der Waals surface area contributed by atoms with Gasteiger partial charge >= 0.3 is 6.18 Å². The molecule has 0 aliphatic heterocycles. The van der Waals surface area contributed by atoms with Crippen LogP contribution in [0.3, 0.4) is 0 Å². The molecule has 0 heterocycles. The molecule has 0 amide bonds. The van der Waals surface area contributed by atoms with Gasteiger partial charge in [-0.05, 0) is 33.4 Å². The van der Waals surface area contributed by atoms with E-state index in [1.165, 1.54) is 0 Å². The van der Waals surface area contributed by atoms with E-state index in [-0.39, 0.29) is 6.54 Å². The Morgan fingerprint density at radius 3 is 2.47 bits per heavy atom. The molecule has 2 unspecified atom stereocenters. The second-order valence-electron chi connectivity index (χ2n) is 4.30. The fourth-order valence-electron chi connectivity index (χ4n) is 2.11. The van der Waals surface area contributed by atoms with E-state index in [1.54, 1.807) is 7.05 Å². The van der Waals surface area contributed by atoms with Gasteiger partial charge < -0.3 is 10.2 Å². The first-order valence-electron chi connectivity index (χ1n) is 5.36. The fourth-order valence-corrected chi connectivity index (χ4v) is 2.11. The van der Waals surface area contributed by atoms with Crippen LogP contribution in [0.15, 0.2) is 0 Å². The molecule has 2 nitrogen and oxygen atoms in total. The maximum absolute atomic E-state index is 12.0. The van der Waals surface area contributed by atoms with Crippen molar-refractivity contribution < 1.29 is 13.2 Å². The highest BCUT2D eigenvalue weighted by Gasteiger charge is 2.31. The average Bonchev–Trinajstić information content (AvgIpc) is 2.61. The first-order valence-corrected chi connectivity index (χ1v) is 5.36. The molecule has 15 heavy (non-hydrogen) atoms. The summed E-state index contributed by atoms with van der Waals surface area (Å²) in [4.78, 5) is 1.84. The summed E-state index contributed by atoms with van der Waals surface area (Å²) in [5, 5.41) is 3.17. The van der Waals surface area contributed by atoms with Crippen LogP contribution in [0.1, 0.15) is 25.7 Å². The Balaban J connectivity index is 2.26. The van der Waals surface area contributed by atoms with Crippen molar-refractivity contribution in [3.05, 3.63) is 0 Å². The van der Waals surface area contributed by atoms with Crippen LogP contribution in [0, 0.1) is 0 Å². The van der Waals surface area contributed by atoms with Crippen LogP contribution in [0.4, 0.5) is 13.2 Å². The van der Waals surface area contributed by atoms with E-state index in [0.29, 0.717) is 12.1 Å². The molecular weight excluding hydrogens is 205 g/mol. The number of rotatable bonds is 4. The quantitative estimate of drug-likeness (QED) is 0.786. The highest BCUT2D eigenvalue weighted by Crippen LogP contribution is 2.25. The van der Waals surface area contributed by atoms with Crippen molar-refractivity contribution in [1.82, 2.24) is 10.2 Å². The van der Waals surface area contributed by atoms with Crippen molar-refractivity contribution in [3.8, 4) is 0 Å². The topological polar surface area (TPSA) is 15.3 Å². The molecule has 5 heteroatoms. The Morgan fingerprint density at radius 1 is 1.33 bits per heavy atom. The van der Waals surface area contributed by atoms with Gasteiger partial charge in [-0.15, -0.1) is 0 Å². The Kier molecular flexibility index (Phi) is 4.40. The third-order valence-electron chi connectivity index (χ3n) is 3.18. The second-order valence-corrected chi connectivity index (χ2v) is 4.30. The van der Waals surface area contributed by atoms with Gasteiger partial charge in [-0.3, -0.25) is 0 Å². The minimum atomic E-state index is -4.03. The summed E-state index contributed by atoms with van der Waals surface area (Å²) in [6, 6.07) is 0.785. The third-order valence-corrected chi connectivity index (χ3v) is 3.18. The highest BCUT2D eigenvalue weighted by molar-refractivity contribution is 4.85.